The van der Waals surface area contributed by atoms with Crippen LogP contribution in [-0.2, 0) is 29.1 Å². The van der Waals surface area contributed by atoms with E-state index in [2.05, 4.69) is 53.4 Å². The molecule has 0 spiro atoms. The molecule has 0 unspecified atom stereocenters. The fraction of sp³-hybridized carbons (Fsp3) is 0.200. The van der Waals surface area contributed by atoms with Gasteiger partial charge < -0.3 is 20.1 Å². The van der Waals surface area contributed by atoms with Crippen molar-refractivity contribution in [2.24, 2.45) is 0 Å². The molecular formula is C25H27NO6. The molecule has 7 nitrogen and oxygen atoms in total. The lowest BCUT2D eigenvalue weighted by Gasteiger charge is -2.23. The van der Waals surface area contributed by atoms with E-state index in [0.29, 0.717) is 12.3 Å². The van der Waals surface area contributed by atoms with E-state index in [1.807, 2.05) is 24.3 Å². The zero-order valence-corrected chi connectivity index (χ0v) is 17.8. The number of phenolic OH excluding ortho intramolecular Hbond substituents is 1. The van der Waals surface area contributed by atoms with Crippen molar-refractivity contribution in [1.29, 1.82) is 0 Å². The molecule has 168 valence electrons. The van der Waals surface area contributed by atoms with Crippen LogP contribution in [0.3, 0.4) is 0 Å². The number of aliphatic carboxylic acids is 2. The van der Waals surface area contributed by atoms with Gasteiger partial charge in [0.1, 0.15) is 0 Å². The number of carboxylic acids is 2. The van der Waals surface area contributed by atoms with Crippen molar-refractivity contribution in [2.45, 2.75) is 19.5 Å². The second kappa shape index (κ2) is 12.8. The Hall–Kier alpha value is -3.84. The van der Waals surface area contributed by atoms with E-state index in [1.165, 1.54) is 11.1 Å². The SMILES string of the molecule is COc1cccc(CN(CCc2ccccc2)Cc2ccccc2)c1O.O=C(O)C(=O)O. The summed E-state index contributed by atoms with van der Waals surface area (Å²) in [5.74, 6) is -2.90. The first-order valence-corrected chi connectivity index (χ1v) is 10.0. The Morgan fingerprint density at radius 1 is 0.781 bits per heavy atom. The highest BCUT2D eigenvalue weighted by Gasteiger charge is 2.13. The third-order valence-corrected chi connectivity index (χ3v) is 4.69. The number of hydrogen-bond donors (Lipinski definition) is 3. The largest absolute Gasteiger partial charge is 0.504 e. The van der Waals surface area contributed by atoms with Gasteiger partial charge in [0.2, 0.25) is 0 Å². The molecule has 32 heavy (non-hydrogen) atoms. The summed E-state index contributed by atoms with van der Waals surface area (Å²) in [6, 6.07) is 26.6. The number of para-hydroxylation sites is 1. The van der Waals surface area contributed by atoms with E-state index in [-0.39, 0.29) is 5.75 Å². The van der Waals surface area contributed by atoms with Gasteiger partial charge in [0, 0.05) is 25.2 Å². The van der Waals surface area contributed by atoms with E-state index in [1.54, 1.807) is 13.2 Å². The minimum atomic E-state index is -1.82. The maximum absolute atomic E-state index is 10.4. The molecule has 0 aliphatic carbocycles. The Labute approximate surface area is 187 Å². The summed E-state index contributed by atoms with van der Waals surface area (Å²) in [4.78, 5) is 20.6. The molecule has 0 aliphatic heterocycles. The predicted octanol–water partition coefficient (Wildman–Crippen LogP) is 3.80. The van der Waals surface area contributed by atoms with Crippen LogP contribution in [0, 0.1) is 0 Å². The second-order valence-electron chi connectivity index (χ2n) is 7.01. The number of carbonyl (C=O) groups is 2. The molecule has 0 aliphatic rings. The Kier molecular flexibility index (Phi) is 9.74. The van der Waals surface area contributed by atoms with Crippen molar-refractivity contribution in [3.05, 3.63) is 95.6 Å². The van der Waals surface area contributed by atoms with Crippen LogP contribution in [0.1, 0.15) is 16.7 Å². The molecule has 3 aromatic carbocycles. The average molecular weight is 437 g/mol. The summed E-state index contributed by atoms with van der Waals surface area (Å²) in [5.41, 5.74) is 3.47. The predicted molar refractivity (Wildman–Crippen MR) is 121 cm³/mol. The highest BCUT2D eigenvalue weighted by atomic mass is 16.5. The Morgan fingerprint density at radius 3 is 1.88 bits per heavy atom. The molecule has 0 fully saturated rings. The van der Waals surface area contributed by atoms with Crippen LogP contribution >= 0.6 is 0 Å². The maximum Gasteiger partial charge on any atom is 0.414 e. The fourth-order valence-corrected chi connectivity index (χ4v) is 3.09. The van der Waals surface area contributed by atoms with Gasteiger partial charge in [-0.1, -0.05) is 72.8 Å². The van der Waals surface area contributed by atoms with Gasteiger partial charge in [0.15, 0.2) is 11.5 Å². The van der Waals surface area contributed by atoms with E-state index in [9.17, 15) is 5.11 Å². The highest BCUT2D eigenvalue weighted by Crippen LogP contribution is 2.30. The topological polar surface area (TPSA) is 107 Å². The lowest BCUT2D eigenvalue weighted by Crippen LogP contribution is -2.25. The van der Waals surface area contributed by atoms with Gasteiger partial charge in [-0.3, -0.25) is 4.90 Å². The van der Waals surface area contributed by atoms with Crippen LogP contribution in [0.4, 0.5) is 0 Å². The zero-order chi connectivity index (χ0) is 23.3. The van der Waals surface area contributed by atoms with Gasteiger partial charge in [0.25, 0.3) is 0 Å². The minimum absolute atomic E-state index is 0.229. The second-order valence-corrected chi connectivity index (χ2v) is 7.01. The number of hydrogen-bond acceptors (Lipinski definition) is 5. The highest BCUT2D eigenvalue weighted by molar-refractivity contribution is 6.27. The van der Waals surface area contributed by atoms with Crippen LogP contribution in [0.2, 0.25) is 0 Å². The maximum atomic E-state index is 10.4. The number of benzene rings is 3. The quantitative estimate of drug-likeness (QED) is 0.460. The fourth-order valence-electron chi connectivity index (χ4n) is 3.09. The molecule has 0 saturated carbocycles. The minimum Gasteiger partial charge on any atom is -0.504 e. The van der Waals surface area contributed by atoms with Gasteiger partial charge in [-0.05, 0) is 23.6 Å². The first-order chi connectivity index (χ1) is 15.4. The number of carboxylic acid groups (broad SMARTS) is 2. The smallest absolute Gasteiger partial charge is 0.414 e. The number of nitrogens with zero attached hydrogens (tertiary/aromatic N) is 1. The van der Waals surface area contributed by atoms with Gasteiger partial charge in [-0.15, -0.1) is 0 Å². The van der Waals surface area contributed by atoms with E-state index in [0.717, 1.165) is 25.1 Å². The summed E-state index contributed by atoms with van der Waals surface area (Å²) in [5, 5.41) is 25.2. The Bertz CT molecular complexity index is 980. The number of rotatable bonds is 8. The summed E-state index contributed by atoms with van der Waals surface area (Å²) >= 11 is 0. The molecule has 0 radical (unpaired) electrons. The van der Waals surface area contributed by atoms with Gasteiger partial charge >= 0.3 is 11.9 Å². The number of ether oxygens (including phenoxy) is 1. The van der Waals surface area contributed by atoms with E-state index < -0.39 is 11.9 Å². The first kappa shape index (κ1) is 24.4. The lowest BCUT2D eigenvalue weighted by atomic mass is 10.1. The Balaban J connectivity index is 0.000000534. The third-order valence-electron chi connectivity index (χ3n) is 4.69. The summed E-state index contributed by atoms with van der Waals surface area (Å²) < 4.78 is 5.25. The van der Waals surface area contributed by atoms with Crippen molar-refractivity contribution in [3.8, 4) is 11.5 Å². The summed E-state index contributed by atoms with van der Waals surface area (Å²) in [6.07, 6.45) is 0.971. The van der Waals surface area contributed by atoms with Crippen LogP contribution in [0.15, 0.2) is 78.9 Å². The molecule has 3 N–H and O–H groups in total. The molecule has 0 aromatic heterocycles. The molecule has 7 heteroatoms. The third kappa shape index (κ3) is 8.12. The Morgan fingerprint density at radius 2 is 1.34 bits per heavy atom. The van der Waals surface area contributed by atoms with Crippen LogP contribution < -0.4 is 4.74 Å². The molecule has 3 rings (SSSR count). The van der Waals surface area contributed by atoms with E-state index >= 15 is 0 Å². The lowest BCUT2D eigenvalue weighted by molar-refractivity contribution is -0.159. The molecule has 0 bridgehead atoms. The standard InChI is InChI=1S/C23H25NO2.C2H2O4/c1-26-22-14-8-13-21(23(22)25)18-24(17-20-11-6-3-7-12-20)16-15-19-9-4-2-5-10-19;3-1(4)2(5)6/h2-14,25H,15-18H2,1H3;(H,3,4)(H,5,6). The van der Waals surface area contributed by atoms with E-state index in [4.69, 9.17) is 24.5 Å². The number of phenols is 1. The molecule has 0 amide bonds. The molecular weight excluding hydrogens is 410 g/mol. The zero-order valence-electron chi connectivity index (χ0n) is 17.8. The molecule has 0 heterocycles. The average Bonchev–Trinajstić information content (AvgIpc) is 2.80. The van der Waals surface area contributed by atoms with Crippen molar-refractivity contribution >= 4 is 11.9 Å². The van der Waals surface area contributed by atoms with Crippen molar-refractivity contribution in [1.82, 2.24) is 4.90 Å². The number of methoxy groups -OCH3 is 1. The van der Waals surface area contributed by atoms with Crippen molar-refractivity contribution < 1.29 is 29.6 Å². The van der Waals surface area contributed by atoms with Gasteiger partial charge in [-0.2, -0.15) is 0 Å². The van der Waals surface area contributed by atoms with Gasteiger partial charge in [-0.25, -0.2) is 9.59 Å². The van der Waals surface area contributed by atoms with Crippen molar-refractivity contribution in [2.75, 3.05) is 13.7 Å². The van der Waals surface area contributed by atoms with Crippen molar-refractivity contribution in [3.63, 3.8) is 0 Å². The molecule has 0 saturated heterocycles. The van der Waals surface area contributed by atoms with Crippen LogP contribution in [0.25, 0.3) is 0 Å². The van der Waals surface area contributed by atoms with Gasteiger partial charge in [0.05, 0.1) is 7.11 Å². The molecule has 3 aromatic rings. The monoisotopic (exact) mass is 437 g/mol. The normalized spacial score (nSPS) is 10.2. The van der Waals surface area contributed by atoms with Crippen LogP contribution in [-0.4, -0.2) is 45.8 Å². The summed E-state index contributed by atoms with van der Waals surface area (Å²) in [7, 11) is 1.58. The summed E-state index contributed by atoms with van der Waals surface area (Å²) in [6.45, 7) is 2.42. The first-order valence-electron chi connectivity index (χ1n) is 10.0. The molecule has 0 atom stereocenters. The van der Waals surface area contributed by atoms with Crippen LogP contribution in [0.5, 0.6) is 11.5 Å². The number of aromatic hydroxyl groups is 1.